The molecule has 0 bridgehead atoms. The van der Waals surface area contributed by atoms with Crippen LogP contribution in [0.25, 0.3) is 0 Å². The first-order valence-electron chi connectivity index (χ1n) is 13.4. The van der Waals surface area contributed by atoms with E-state index in [0.717, 1.165) is 17.5 Å². The van der Waals surface area contributed by atoms with Crippen LogP contribution in [0.15, 0.2) is 12.1 Å². The maximum absolute atomic E-state index is 10.9. The maximum Gasteiger partial charge on any atom is 0.123 e. The van der Waals surface area contributed by atoms with Gasteiger partial charge in [0.05, 0.1) is 0 Å². The highest BCUT2D eigenvalue weighted by molar-refractivity contribution is 5.49. The zero-order valence-corrected chi connectivity index (χ0v) is 22.2. The summed E-state index contributed by atoms with van der Waals surface area (Å²) in [6.07, 6.45) is 20.8. The highest BCUT2D eigenvalue weighted by Crippen LogP contribution is 2.40. The molecule has 0 aliphatic carbocycles. The van der Waals surface area contributed by atoms with E-state index in [1.807, 2.05) is 0 Å². The summed E-state index contributed by atoms with van der Waals surface area (Å²) in [7, 11) is 0. The topological polar surface area (TPSA) is 20.2 Å². The summed E-state index contributed by atoms with van der Waals surface area (Å²) in [4.78, 5) is 0. The van der Waals surface area contributed by atoms with Crippen molar-refractivity contribution < 1.29 is 5.11 Å². The molecule has 0 amide bonds. The molecule has 0 atom stereocenters. The van der Waals surface area contributed by atoms with E-state index in [9.17, 15) is 5.11 Å². The summed E-state index contributed by atoms with van der Waals surface area (Å²) in [5, 5.41) is 10.9. The molecule has 0 unspecified atom stereocenters. The number of benzene rings is 1. The van der Waals surface area contributed by atoms with E-state index in [1.54, 1.807) is 0 Å². The molecule has 1 aromatic carbocycles. The monoisotopic (exact) mass is 430 g/mol. The summed E-state index contributed by atoms with van der Waals surface area (Å²) in [5.74, 6) is 0.504. The molecule has 0 spiro atoms. The number of hydrogen-bond donors (Lipinski definition) is 1. The number of unbranched alkanes of at least 4 members (excludes halogenated alkanes) is 13. The van der Waals surface area contributed by atoms with Crippen molar-refractivity contribution in [1.29, 1.82) is 0 Å². The molecule has 0 aliphatic heterocycles. The zero-order chi connectivity index (χ0) is 23.3. The van der Waals surface area contributed by atoms with Gasteiger partial charge in [-0.1, -0.05) is 144 Å². The van der Waals surface area contributed by atoms with E-state index in [0.29, 0.717) is 5.75 Å². The number of rotatable bonds is 15. The van der Waals surface area contributed by atoms with Gasteiger partial charge in [0.2, 0.25) is 0 Å². The molecule has 0 heterocycles. The van der Waals surface area contributed by atoms with E-state index in [4.69, 9.17) is 0 Å². The van der Waals surface area contributed by atoms with Crippen LogP contribution in [0.3, 0.4) is 0 Å². The molecule has 1 heteroatoms. The van der Waals surface area contributed by atoms with Gasteiger partial charge in [0.25, 0.3) is 0 Å². The van der Waals surface area contributed by atoms with Gasteiger partial charge in [0.1, 0.15) is 5.75 Å². The van der Waals surface area contributed by atoms with Crippen LogP contribution in [0.1, 0.15) is 155 Å². The molecule has 0 fully saturated rings. The summed E-state index contributed by atoms with van der Waals surface area (Å²) in [6, 6.07) is 4.51. The van der Waals surface area contributed by atoms with Crippen LogP contribution in [0.4, 0.5) is 0 Å². The predicted octanol–water partition coefficient (Wildman–Crippen LogP) is 10.0. The number of hydrogen-bond acceptors (Lipinski definition) is 1. The second-order valence-electron chi connectivity index (χ2n) is 11.9. The van der Waals surface area contributed by atoms with Crippen LogP contribution >= 0.6 is 0 Å². The normalized spacial score (nSPS) is 12.5. The fourth-order valence-corrected chi connectivity index (χ4v) is 4.51. The second kappa shape index (κ2) is 14.2. The zero-order valence-electron chi connectivity index (χ0n) is 22.2. The summed E-state index contributed by atoms with van der Waals surface area (Å²) in [5.41, 5.74) is 3.53. The number of phenols is 1. The maximum atomic E-state index is 10.9. The Morgan fingerprint density at radius 2 is 0.871 bits per heavy atom. The number of phenolic OH excluding ortho intramolecular Hbond substituents is 1. The minimum atomic E-state index is -0.0321. The van der Waals surface area contributed by atoms with E-state index in [1.165, 1.54) is 95.5 Å². The third-order valence-electron chi connectivity index (χ3n) is 6.60. The lowest BCUT2D eigenvalue weighted by molar-refractivity contribution is 0.422. The van der Waals surface area contributed by atoms with E-state index >= 15 is 0 Å². The standard InChI is InChI=1S/C30H54O/c1-8-9-10-11-12-13-14-15-16-17-18-19-20-21-22-25-23-26(29(2,3)4)28(31)27(24-25)30(5,6)7/h23-24,31H,8-22H2,1-7H3. The molecule has 1 nitrogen and oxygen atoms in total. The highest BCUT2D eigenvalue weighted by atomic mass is 16.3. The first kappa shape index (κ1) is 28.1. The van der Waals surface area contributed by atoms with Crippen LogP contribution in [0.2, 0.25) is 0 Å². The van der Waals surface area contributed by atoms with Crippen LogP contribution < -0.4 is 0 Å². The van der Waals surface area contributed by atoms with Crippen molar-refractivity contribution >= 4 is 0 Å². The molecule has 1 N–H and O–H groups in total. The summed E-state index contributed by atoms with van der Waals surface area (Å²) < 4.78 is 0. The third kappa shape index (κ3) is 11.4. The van der Waals surface area contributed by atoms with Crippen LogP contribution in [0, 0.1) is 0 Å². The minimum absolute atomic E-state index is 0.0321. The fourth-order valence-electron chi connectivity index (χ4n) is 4.51. The van der Waals surface area contributed by atoms with Crippen molar-refractivity contribution in [2.75, 3.05) is 0 Å². The molecular formula is C30H54O. The smallest absolute Gasteiger partial charge is 0.123 e. The molecule has 0 saturated heterocycles. The average Bonchev–Trinajstić information content (AvgIpc) is 2.67. The first-order chi connectivity index (χ1) is 14.6. The van der Waals surface area contributed by atoms with Crippen molar-refractivity contribution in [2.24, 2.45) is 0 Å². The summed E-state index contributed by atoms with van der Waals surface area (Å²) in [6.45, 7) is 15.5. The molecule has 0 saturated carbocycles. The van der Waals surface area contributed by atoms with Crippen molar-refractivity contribution in [3.8, 4) is 5.75 Å². The van der Waals surface area contributed by atoms with Crippen molar-refractivity contribution in [3.63, 3.8) is 0 Å². The molecular weight excluding hydrogens is 376 g/mol. The first-order valence-corrected chi connectivity index (χ1v) is 13.4. The Hall–Kier alpha value is -0.980. The predicted molar refractivity (Wildman–Crippen MR) is 140 cm³/mol. The fraction of sp³-hybridized carbons (Fsp3) is 0.800. The van der Waals surface area contributed by atoms with Gasteiger partial charge >= 0.3 is 0 Å². The molecule has 31 heavy (non-hydrogen) atoms. The van der Waals surface area contributed by atoms with Gasteiger partial charge in [-0.05, 0) is 40.4 Å². The van der Waals surface area contributed by atoms with E-state index in [2.05, 4.69) is 60.6 Å². The largest absolute Gasteiger partial charge is 0.507 e. The Morgan fingerprint density at radius 3 is 1.19 bits per heavy atom. The molecule has 0 aliphatic rings. The van der Waals surface area contributed by atoms with Gasteiger partial charge in [-0.3, -0.25) is 0 Å². The van der Waals surface area contributed by atoms with Crippen LogP contribution in [-0.4, -0.2) is 5.11 Å². The van der Waals surface area contributed by atoms with Gasteiger partial charge in [-0.15, -0.1) is 0 Å². The Morgan fingerprint density at radius 1 is 0.548 bits per heavy atom. The quantitative estimate of drug-likeness (QED) is 0.274. The summed E-state index contributed by atoms with van der Waals surface area (Å²) >= 11 is 0. The lowest BCUT2D eigenvalue weighted by Crippen LogP contribution is -2.18. The molecule has 0 radical (unpaired) electrons. The minimum Gasteiger partial charge on any atom is -0.507 e. The highest BCUT2D eigenvalue weighted by Gasteiger charge is 2.26. The number of aryl methyl sites for hydroxylation is 1. The van der Waals surface area contributed by atoms with Crippen LogP contribution in [-0.2, 0) is 17.3 Å². The van der Waals surface area contributed by atoms with Gasteiger partial charge in [-0.2, -0.15) is 0 Å². The molecule has 180 valence electrons. The average molecular weight is 431 g/mol. The van der Waals surface area contributed by atoms with Crippen molar-refractivity contribution in [2.45, 2.75) is 156 Å². The molecule has 0 aromatic heterocycles. The Labute approximate surface area is 195 Å². The third-order valence-corrected chi connectivity index (χ3v) is 6.60. The van der Waals surface area contributed by atoms with Crippen molar-refractivity contribution in [3.05, 3.63) is 28.8 Å². The van der Waals surface area contributed by atoms with E-state index < -0.39 is 0 Å². The van der Waals surface area contributed by atoms with Gasteiger partial charge in [-0.25, -0.2) is 0 Å². The number of aromatic hydroxyl groups is 1. The molecule has 1 aromatic rings. The lowest BCUT2D eigenvalue weighted by atomic mass is 9.78. The molecule has 1 rings (SSSR count). The van der Waals surface area contributed by atoms with Gasteiger partial charge < -0.3 is 5.11 Å². The van der Waals surface area contributed by atoms with Crippen molar-refractivity contribution in [1.82, 2.24) is 0 Å². The SMILES string of the molecule is CCCCCCCCCCCCCCCCc1cc(C(C)(C)C)c(O)c(C(C)(C)C)c1. The van der Waals surface area contributed by atoms with E-state index in [-0.39, 0.29) is 10.8 Å². The van der Waals surface area contributed by atoms with Crippen LogP contribution in [0.5, 0.6) is 5.75 Å². The second-order valence-corrected chi connectivity index (χ2v) is 11.9. The van der Waals surface area contributed by atoms with Gasteiger partial charge in [0, 0.05) is 0 Å². The Balaban J connectivity index is 2.28. The Bertz CT molecular complexity index is 565. The lowest BCUT2D eigenvalue weighted by Gasteiger charge is -2.28. The van der Waals surface area contributed by atoms with Gasteiger partial charge in [0.15, 0.2) is 0 Å². The Kier molecular flexibility index (Phi) is 12.9.